The molecule has 156 valence electrons. The van der Waals surface area contributed by atoms with E-state index in [4.69, 9.17) is 9.47 Å². The summed E-state index contributed by atoms with van der Waals surface area (Å²) in [6, 6.07) is 21.6. The van der Waals surface area contributed by atoms with Crippen LogP contribution >= 0.6 is 11.3 Å². The molecule has 4 aromatic rings. The van der Waals surface area contributed by atoms with Gasteiger partial charge in [-0.05, 0) is 53.9 Å². The average molecular weight is 431 g/mol. The van der Waals surface area contributed by atoms with Crippen LogP contribution in [-0.4, -0.2) is 30.2 Å². The molecule has 0 bridgehead atoms. The topological polar surface area (TPSA) is 60.5 Å². The summed E-state index contributed by atoms with van der Waals surface area (Å²) in [7, 11) is 0. The molecule has 1 N–H and O–H groups in total. The number of fused-ring (bicyclic) bond motifs is 1. The van der Waals surface area contributed by atoms with Crippen LogP contribution in [0.1, 0.15) is 23.2 Å². The maximum Gasteiger partial charge on any atom is 0.257 e. The average Bonchev–Trinajstić information content (AvgIpc) is 3.50. The Morgan fingerprint density at radius 3 is 2.74 bits per heavy atom. The summed E-state index contributed by atoms with van der Waals surface area (Å²) in [6.07, 6.45) is 2.30. The third-order valence-electron chi connectivity index (χ3n) is 5.35. The monoisotopic (exact) mass is 430 g/mol. The van der Waals surface area contributed by atoms with E-state index >= 15 is 0 Å². The first kappa shape index (κ1) is 19.7. The van der Waals surface area contributed by atoms with Gasteiger partial charge >= 0.3 is 0 Å². The third kappa shape index (κ3) is 4.60. The maximum absolute atomic E-state index is 12.6. The predicted octanol–water partition coefficient (Wildman–Crippen LogP) is 5.77. The molecule has 1 aliphatic rings. The second-order valence-corrected chi connectivity index (χ2v) is 8.38. The molecule has 1 aliphatic heterocycles. The Labute approximate surface area is 184 Å². The van der Waals surface area contributed by atoms with Gasteiger partial charge in [-0.2, -0.15) is 0 Å². The number of hydrogen-bond donors (Lipinski definition) is 1. The fourth-order valence-electron chi connectivity index (χ4n) is 3.65. The Bertz CT molecular complexity index is 1200. The quantitative estimate of drug-likeness (QED) is 0.422. The summed E-state index contributed by atoms with van der Waals surface area (Å²) in [6.45, 7) is 1.36. The smallest absolute Gasteiger partial charge is 0.257 e. The molecule has 1 unspecified atom stereocenters. The summed E-state index contributed by atoms with van der Waals surface area (Å²) < 4.78 is 11.3. The highest BCUT2D eigenvalue weighted by atomic mass is 32.1. The van der Waals surface area contributed by atoms with Crippen LogP contribution in [0.25, 0.3) is 22.0 Å². The van der Waals surface area contributed by atoms with E-state index in [2.05, 4.69) is 40.6 Å². The molecule has 1 fully saturated rings. The van der Waals surface area contributed by atoms with E-state index in [-0.39, 0.29) is 12.0 Å². The number of aromatic nitrogens is 1. The normalized spacial score (nSPS) is 15.8. The Morgan fingerprint density at radius 1 is 1.10 bits per heavy atom. The van der Waals surface area contributed by atoms with Gasteiger partial charge in [-0.1, -0.05) is 36.4 Å². The minimum absolute atomic E-state index is 0.171. The van der Waals surface area contributed by atoms with E-state index in [0.717, 1.165) is 36.5 Å². The van der Waals surface area contributed by atoms with Crippen molar-refractivity contribution >= 4 is 33.1 Å². The van der Waals surface area contributed by atoms with Gasteiger partial charge in [0.25, 0.3) is 5.91 Å². The molecule has 31 heavy (non-hydrogen) atoms. The maximum atomic E-state index is 12.6. The second-order valence-electron chi connectivity index (χ2n) is 7.52. The molecule has 0 aliphatic carbocycles. The van der Waals surface area contributed by atoms with Crippen molar-refractivity contribution in [3.8, 4) is 17.0 Å². The van der Waals surface area contributed by atoms with Crippen molar-refractivity contribution in [1.29, 1.82) is 0 Å². The van der Waals surface area contributed by atoms with Crippen molar-refractivity contribution < 1.29 is 14.3 Å². The van der Waals surface area contributed by atoms with Gasteiger partial charge in [-0.3, -0.25) is 10.1 Å². The number of benzene rings is 3. The van der Waals surface area contributed by atoms with E-state index in [0.29, 0.717) is 17.3 Å². The van der Waals surface area contributed by atoms with Crippen LogP contribution < -0.4 is 10.1 Å². The van der Waals surface area contributed by atoms with E-state index in [9.17, 15) is 4.79 Å². The van der Waals surface area contributed by atoms with E-state index in [1.54, 1.807) is 12.1 Å². The third-order valence-corrected chi connectivity index (χ3v) is 6.10. The lowest BCUT2D eigenvalue weighted by molar-refractivity contribution is 0.0679. The number of thiazole rings is 1. The van der Waals surface area contributed by atoms with Crippen LogP contribution in [0.3, 0.4) is 0 Å². The van der Waals surface area contributed by atoms with Crippen molar-refractivity contribution in [2.24, 2.45) is 0 Å². The highest BCUT2D eigenvalue weighted by Crippen LogP contribution is 2.28. The zero-order chi connectivity index (χ0) is 21.0. The summed E-state index contributed by atoms with van der Waals surface area (Å²) in [5, 5.41) is 7.79. The molecular formula is C25H22N2O3S. The standard InChI is InChI=1S/C25H22N2O3S/c28-24(18-9-11-21(12-10-18)30-15-22-6-3-13-29-22)27-25-26-23(16-31-25)20-8-7-17-4-1-2-5-19(17)14-20/h1-2,4-5,7-12,14,16,22H,3,6,13,15H2,(H,26,27,28). The Hall–Kier alpha value is -3.22. The van der Waals surface area contributed by atoms with Crippen LogP contribution in [0.4, 0.5) is 5.13 Å². The first-order chi connectivity index (χ1) is 15.2. The van der Waals surface area contributed by atoms with E-state index in [1.165, 1.54) is 22.1 Å². The summed E-state index contributed by atoms with van der Waals surface area (Å²) in [4.78, 5) is 17.2. The molecule has 1 saturated heterocycles. The molecule has 1 aromatic heterocycles. The fourth-order valence-corrected chi connectivity index (χ4v) is 4.36. The summed E-state index contributed by atoms with van der Waals surface area (Å²) in [5.41, 5.74) is 2.44. The van der Waals surface area contributed by atoms with E-state index < -0.39 is 0 Å². The van der Waals surface area contributed by atoms with Crippen LogP contribution in [-0.2, 0) is 4.74 Å². The van der Waals surface area contributed by atoms with Gasteiger partial charge in [0.15, 0.2) is 5.13 Å². The molecular weight excluding hydrogens is 408 g/mol. The summed E-state index contributed by atoms with van der Waals surface area (Å²) >= 11 is 1.42. The minimum Gasteiger partial charge on any atom is -0.491 e. The zero-order valence-corrected chi connectivity index (χ0v) is 17.7. The number of ether oxygens (including phenoxy) is 2. The van der Waals surface area contributed by atoms with E-state index in [1.807, 2.05) is 29.6 Å². The molecule has 0 radical (unpaired) electrons. The zero-order valence-electron chi connectivity index (χ0n) is 16.9. The van der Waals surface area contributed by atoms with Crippen LogP contribution in [0.5, 0.6) is 5.75 Å². The molecule has 1 amide bonds. The van der Waals surface area contributed by atoms with Gasteiger partial charge in [0, 0.05) is 23.1 Å². The van der Waals surface area contributed by atoms with Crippen molar-refractivity contribution in [2.45, 2.75) is 18.9 Å². The predicted molar refractivity (Wildman–Crippen MR) is 124 cm³/mol. The highest BCUT2D eigenvalue weighted by Gasteiger charge is 2.16. The molecule has 6 heteroatoms. The van der Waals surface area contributed by atoms with Gasteiger partial charge in [-0.15, -0.1) is 11.3 Å². The Kier molecular flexibility index (Phi) is 5.65. The number of rotatable bonds is 6. The molecule has 3 aromatic carbocycles. The van der Waals surface area contributed by atoms with Gasteiger partial charge in [0.1, 0.15) is 12.4 Å². The van der Waals surface area contributed by atoms with Gasteiger partial charge in [0.05, 0.1) is 11.8 Å². The summed E-state index contributed by atoms with van der Waals surface area (Å²) in [5.74, 6) is 0.546. The molecule has 5 nitrogen and oxygen atoms in total. The minimum atomic E-state index is -0.190. The number of anilines is 1. The van der Waals surface area contributed by atoms with Crippen molar-refractivity contribution in [3.05, 3.63) is 77.7 Å². The van der Waals surface area contributed by atoms with Crippen LogP contribution in [0, 0.1) is 0 Å². The highest BCUT2D eigenvalue weighted by molar-refractivity contribution is 7.14. The molecule has 1 atom stereocenters. The Balaban J connectivity index is 1.22. The lowest BCUT2D eigenvalue weighted by Crippen LogP contribution is -2.16. The van der Waals surface area contributed by atoms with Gasteiger partial charge < -0.3 is 9.47 Å². The lowest BCUT2D eigenvalue weighted by atomic mass is 10.1. The Morgan fingerprint density at radius 2 is 1.94 bits per heavy atom. The van der Waals surface area contributed by atoms with Crippen molar-refractivity contribution in [1.82, 2.24) is 4.98 Å². The molecule has 0 saturated carbocycles. The fraction of sp³-hybridized carbons (Fsp3) is 0.200. The SMILES string of the molecule is O=C(Nc1nc(-c2ccc3ccccc3c2)cs1)c1ccc(OCC2CCCO2)cc1. The lowest BCUT2D eigenvalue weighted by Gasteiger charge is -2.11. The van der Waals surface area contributed by atoms with Gasteiger partial charge in [0.2, 0.25) is 0 Å². The number of hydrogen-bond acceptors (Lipinski definition) is 5. The number of carbonyl (C=O) groups excluding carboxylic acids is 1. The first-order valence-corrected chi connectivity index (χ1v) is 11.2. The van der Waals surface area contributed by atoms with Gasteiger partial charge in [-0.25, -0.2) is 4.98 Å². The molecule has 0 spiro atoms. The molecule has 2 heterocycles. The number of amides is 1. The first-order valence-electron chi connectivity index (χ1n) is 10.4. The number of nitrogens with zero attached hydrogens (tertiary/aromatic N) is 1. The van der Waals surface area contributed by atoms with Crippen LogP contribution in [0.2, 0.25) is 0 Å². The number of carbonyl (C=O) groups is 1. The largest absolute Gasteiger partial charge is 0.491 e. The van der Waals surface area contributed by atoms with Crippen LogP contribution in [0.15, 0.2) is 72.1 Å². The van der Waals surface area contributed by atoms with Crippen molar-refractivity contribution in [2.75, 3.05) is 18.5 Å². The molecule has 5 rings (SSSR count). The number of nitrogens with one attached hydrogen (secondary N) is 1. The second kappa shape index (κ2) is 8.88. The van der Waals surface area contributed by atoms with Crippen molar-refractivity contribution in [3.63, 3.8) is 0 Å².